The molecule has 13 heteroatoms. The number of sulfonamides is 1. The van der Waals surface area contributed by atoms with Crippen LogP contribution in [0.25, 0.3) is 0 Å². The predicted octanol–water partition coefficient (Wildman–Crippen LogP) is 1.90. The van der Waals surface area contributed by atoms with Crippen molar-refractivity contribution in [3.63, 3.8) is 0 Å². The largest absolute Gasteiger partial charge is 0.480 e. The van der Waals surface area contributed by atoms with Crippen LogP contribution in [0.3, 0.4) is 0 Å². The lowest BCUT2D eigenvalue weighted by Gasteiger charge is -2.12. The van der Waals surface area contributed by atoms with Gasteiger partial charge in [0.25, 0.3) is 15.9 Å². The summed E-state index contributed by atoms with van der Waals surface area (Å²) in [6, 6.07) is 13.7. The van der Waals surface area contributed by atoms with Crippen LogP contribution in [0.2, 0.25) is 0 Å². The zero-order valence-corrected chi connectivity index (χ0v) is 18.5. The zero-order chi connectivity index (χ0) is 23.8. The number of hydrogen-bond donors (Lipinski definition) is 5. The smallest absolute Gasteiger partial charge is 0.322 e. The van der Waals surface area contributed by atoms with E-state index in [1.54, 1.807) is 30.3 Å². The average molecular weight is 487 g/mol. The molecule has 0 radical (unpaired) electrons. The van der Waals surface area contributed by atoms with Crippen LogP contribution < -0.4 is 20.7 Å². The number of aliphatic carboxylic acids is 1. The first kappa shape index (κ1) is 23.6. The molecule has 1 aromatic heterocycles. The van der Waals surface area contributed by atoms with Gasteiger partial charge in [0.15, 0.2) is 5.11 Å². The first-order valence-electron chi connectivity index (χ1n) is 9.31. The summed E-state index contributed by atoms with van der Waals surface area (Å²) in [5.74, 6) is -1.67. The van der Waals surface area contributed by atoms with Gasteiger partial charge in [0.1, 0.15) is 6.54 Å². The number of thiocarbonyl (C=S) groups is 1. The fraction of sp³-hybridized carbons (Fsp3) is 0.0500. The first-order chi connectivity index (χ1) is 15.7. The van der Waals surface area contributed by atoms with Crippen molar-refractivity contribution in [1.82, 2.24) is 15.3 Å². The Bertz CT molecular complexity index is 1250. The summed E-state index contributed by atoms with van der Waals surface area (Å²) in [7, 11) is -3.84. The quantitative estimate of drug-likeness (QED) is 0.297. The molecule has 0 aliphatic heterocycles. The lowest BCUT2D eigenvalue weighted by molar-refractivity contribution is -0.135. The minimum absolute atomic E-state index is 0.0242. The molecule has 1 amide bonds. The number of anilines is 3. The van der Waals surface area contributed by atoms with Gasteiger partial charge in [0, 0.05) is 29.3 Å². The number of nitrogens with zero attached hydrogens (tertiary/aromatic N) is 2. The van der Waals surface area contributed by atoms with Crippen LogP contribution in [0.15, 0.2) is 71.9 Å². The molecule has 0 saturated heterocycles. The van der Waals surface area contributed by atoms with Gasteiger partial charge in [0.05, 0.1) is 4.90 Å². The maximum atomic E-state index is 12.4. The van der Waals surface area contributed by atoms with Crippen LogP contribution in [0.1, 0.15) is 10.4 Å². The SMILES string of the molecule is O=C(O)CNC(=O)c1ccc(NC(=S)Nc2ccc(S(=O)(=O)Nc3ncccn3)cc2)cc1. The number of nitrogens with one attached hydrogen (secondary N) is 4. The van der Waals surface area contributed by atoms with Gasteiger partial charge in [-0.05, 0) is 66.8 Å². The molecular weight excluding hydrogens is 468 g/mol. The normalized spacial score (nSPS) is 10.7. The van der Waals surface area contributed by atoms with E-state index in [4.69, 9.17) is 17.3 Å². The maximum absolute atomic E-state index is 12.4. The third kappa shape index (κ3) is 6.95. The van der Waals surface area contributed by atoms with E-state index in [0.717, 1.165) is 0 Å². The van der Waals surface area contributed by atoms with Crippen LogP contribution in [-0.2, 0) is 14.8 Å². The fourth-order valence-corrected chi connectivity index (χ4v) is 3.70. The van der Waals surface area contributed by atoms with Crippen LogP contribution in [0.5, 0.6) is 0 Å². The molecule has 33 heavy (non-hydrogen) atoms. The number of benzene rings is 2. The molecule has 11 nitrogen and oxygen atoms in total. The van der Waals surface area contributed by atoms with Crippen molar-refractivity contribution in [1.29, 1.82) is 0 Å². The zero-order valence-electron chi connectivity index (χ0n) is 16.8. The second-order valence-electron chi connectivity index (χ2n) is 6.44. The van der Waals surface area contributed by atoms with Crippen molar-refractivity contribution >= 4 is 56.6 Å². The first-order valence-corrected chi connectivity index (χ1v) is 11.2. The Morgan fingerprint density at radius 2 is 1.45 bits per heavy atom. The Balaban J connectivity index is 1.56. The van der Waals surface area contributed by atoms with E-state index in [9.17, 15) is 18.0 Å². The molecule has 1 heterocycles. The molecule has 0 atom stereocenters. The highest BCUT2D eigenvalue weighted by atomic mass is 32.2. The van der Waals surface area contributed by atoms with Gasteiger partial charge in [-0.3, -0.25) is 9.59 Å². The number of aromatic nitrogens is 2. The molecular formula is C20H18N6O5S2. The summed E-state index contributed by atoms with van der Waals surface area (Å²) >= 11 is 5.25. The average Bonchev–Trinajstić information content (AvgIpc) is 2.78. The lowest BCUT2D eigenvalue weighted by atomic mass is 10.2. The van der Waals surface area contributed by atoms with E-state index in [2.05, 4.69) is 30.6 Å². The van der Waals surface area contributed by atoms with Gasteiger partial charge >= 0.3 is 5.97 Å². The number of carboxylic acids is 1. The minimum Gasteiger partial charge on any atom is -0.480 e. The van der Waals surface area contributed by atoms with E-state index in [1.807, 2.05) is 0 Å². The van der Waals surface area contributed by atoms with Crippen molar-refractivity contribution < 1.29 is 23.1 Å². The molecule has 2 aromatic carbocycles. The summed E-state index contributed by atoms with van der Waals surface area (Å²) < 4.78 is 27.1. The second-order valence-corrected chi connectivity index (χ2v) is 8.53. The Labute approximate surface area is 194 Å². The molecule has 3 rings (SSSR count). The highest BCUT2D eigenvalue weighted by Crippen LogP contribution is 2.17. The minimum atomic E-state index is -3.84. The summed E-state index contributed by atoms with van der Waals surface area (Å²) in [5.41, 5.74) is 1.44. The molecule has 170 valence electrons. The Kier molecular flexibility index (Phi) is 7.48. The number of carbonyl (C=O) groups is 2. The summed E-state index contributed by atoms with van der Waals surface area (Å²) in [6.07, 6.45) is 2.85. The third-order valence-electron chi connectivity index (χ3n) is 4.02. The molecule has 3 aromatic rings. The number of carbonyl (C=O) groups excluding carboxylic acids is 1. The highest BCUT2D eigenvalue weighted by Gasteiger charge is 2.15. The van der Waals surface area contributed by atoms with E-state index in [1.165, 1.54) is 36.7 Å². The number of amides is 1. The van der Waals surface area contributed by atoms with Crippen LogP contribution >= 0.6 is 12.2 Å². The highest BCUT2D eigenvalue weighted by molar-refractivity contribution is 7.92. The summed E-state index contributed by atoms with van der Waals surface area (Å²) in [5, 5.41) is 17.0. The Morgan fingerprint density at radius 3 is 2.00 bits per heavy atom. The lowest BCUT2D eigenvalue weighted by Crippen LogP contribution is -2.29. The molecule has 0 spiro atoms. The van der Waals surface area contributed by atoms with Crippen LogP contribution in [-0.4, -0.2) is 47.0 Å². The van der Waals surface area contributed by atoms with Gasteiger partial charge in [-0.1, -0.05) is 0 Å². The van der Waals surface area contributed by atoms with Gasteiger partial charge in [-0.25, -0.2) is 23.1 Å². The molecule has 0 fully saturated rings. The molecule has 0 bridgehead atoms. The molecule has 0 unspecified atom stereocenters. The van der Waals surface area contributed by atoms with Gasteiger partial charge < -0.3 is 21.1 Å². The predicted molar refractivity (Wildman–Crippen MR) is 126 cm³/mol. The van der Waals surface area contributed by atoms with Crippen molar-refractivity contribution in [2.45, 2.75) is 4.90 Å². The Hall–Kier alpha value is -4.10. The van der Waals surface area contributed by atoms with E-state index >= 15 is 0 Å². The maximum Gasteiger partial charge on any atom is 0.322 e. The number of rotatable bonds is 8. The van der Waals surface area contributed by atoms with Crippen molar-refractivity contribution in [3.05, 3.63) is 72.6 Å². The van der Waals surface area contributed by atoms with Gasteiger partial charge in [-0.2, -0.15) is 0 Å². The monoisotopic (exact) mass is 486 g/mol. The van der Waals surface area contributed by atoms with Crippen LogP contribution in [0, 0.1) is 0 Å². The fourth-order valence-electron chi connectivity index (χ4n) is 2.50. The number of carboxylic acid groups (broad SMARTS) is 1. The second kappa shape index (κ2) is 10.5. The molecule has 0 saturated carbocycles. The summed E-state index contributed by atoms with van der Waals surface area (Å²) in [4.78, 5) is 30.0. The van der Waals surface area contributed by atoms with E-state index < -0.39 is 28.4 Å². The summed E-state index contributed by atoms with van der Waals surface area (Å²) in [6.45, 7) is -0.469. The van der Waals surface area contributed by atoms with Crippen molar-refractivity contribution in [2.75, 3.05) is 21.9 Å². The standard InChI is InChI=1S/C20H18N6O5S2/c27-17(28)12-23-18(29)13-2-4-14(5-3-13)24-20(32)25-15-6-8-16(9-7-15)33(30,31)26-19-21-10-1-11-22-19/h1-11H,12H2,(H,23,29)(H,27,28)(H,21,22,26)(H2,24,25,32). The van der Waals surface area contributed by atoms with E-state index in [0.29, 0.717) is 16.9 Å². The topological polar surface area (TPSA) is 162 Å². The van der Waals surface area contributed by atoms with Crippen molar-refractivity contribution in [3.8, 4) is 0 Å². The van der Waals surface area contributed by atoms with Gasteiger partial charge in [0.2, 0.25) is 5.95 Å². The Morgan fingerprint density at radius 1 is 0.909 bits per heavy atom. The van der Waals surface area contributed by atoms with E-state index in [-0.39, 0.29) is 16.0 Å². The third-order valence-corrected chi connectivity index (χ3v) is 5.57. The molecule has 0 aliphatic rings. The molecule has 0 aliphatic carbocycles. The molecule has 5 N–H and O–H groups in total. The van der Waals surface area contributed by atoms with Crippen molar-refractivity contribution in [2.24, 2.45) is 0 Å². The van der Waals surface area contributed by atoms with Gasteiger partial charge in [-0.15, -0.1) is 0 Å². The number of hydrogen-bond acceptors (Lipinski definition) is 7. The van der Waals surface area contributed by atoms with Crippen LogP contribution in [0.4, 0.5) is 17.3 Å².